The van der Waals surface area contributed by atoms with E-state index in [9.17, 15) is 8.42 Å². The van der Waals surface area contributed by atoms with Crippen molar-refractivity contribution >= 4 is 26.5 Å². The van der Waals surface area contributed by atoms with Gasteiger partial charge in [-0.15, -0.1) is 10.2 Å². The Morgan fingerprint density at radius 3 is 2.26 bits per heavy atom. The molecule has 0 saturated carbocycles. The van der Waals surface area contributed by atoms with Crippen molar-refractivity contribution in [1.29, 1.82) is 0 Å². The average molecular weight is 354 g/mol. The standard InChI is InChI=1S/C16H23N3O2S2/c1-11(2)10-14-17-18-15(22-14)19-23(20,21)13-8-6-12(7-9-13)16(3,4)5/h6-9,11H,10H2,1-5H3,(H,18,19). The van der Waals surface area contributed by atoms with Crippen LogP contribution >= 0.6 is 11.3 Å². The van der Waals surface area contributed by atoms with Crippen LogP contribution in [0.2, 0.25) is 0 Å². The highest BCUT2D eigenvalue weighted by molar-refractivity contribution is 7.93. The lowest BCUT2D eigenvalue weighted by atomic mass is 9.87. The summed E-state index contributed by atoms with van der Waals surface area (Å²) in [6.07, 6.45) is 0.791. The Morgan fingerprint density at radius 1 is 1.13 bits per heavy atom. The third kappa shape index (κ3) is 4.75. The van der Waals surface area contributed by atoms with Gasteiger partial charge in [-0.05, 0) is 29.0 Å². The largest absolute Gasteiger partial charge is 0.263 e. The van der Waals surface area contributed by atoms with Crippen LogP contribution in [0.25, 0.3) is 0 Å². The first-order chi connectivity index (χ1) is 10.6. The van der Waals surface area contributed by atoms with E-state index < -0.39 is 10.0 Å². The van der Waals surface area contributed by atoms with Crippen LogP contribution in [0.1, 0.15) is 45.2 Å². The molecule has 0 spiro atoms. The topological polar surface area (TPSA) is 72.0 Å². The molecule has 0 unspecified atom stereocenters. The molecule has 5 nitrogen and oxygen atoms in total. The summed E-state index contributed by atoms with van der Waals surface area (Å²) in [5, 5.41) is 9.08. The molecular formula is C16H23N3O2S2. The van der Waals surface area contributed by atoms with Gasteiger partial charge in [0, 0.05) is 6.42 Å². The molecule has 0 bridgehead atoms. The summed E-state index contributed by atoms with van der Waals surface area (Å²) in [7, 11) is -3.63. The van der Waals surface area contributed by atoms with E-state index in [2.05, 4.69) is 49.5 Å². The van der Waals surface area contributed by atoms with Crippen molar-refractivity contribution in [3.8, 4) is 0 Å². The molecule has 0 aliphatic carbocycles. The fourth-order valence-corrected chi connectivity index (χ4v) is 4.22. The Morgan fingerprint density at radius 2 is 1.74 bits per heavy atom. The highest BCUT2D eigenvalue weighted by Crippen LogP contribution is 2.25. The zero-order valence-corrected chi connectivity index (χ0v) is 15.8. The number of anilines is 1. The van der Waals surface area contributed by atoms with E-state index in [1.807, 2.05) is 12.1 Å². The quantitative estimate of drug-likeness (QED) is 0.886. The molecule has 0 fully saturated rings. The monoisotopic (exact) mass is 353 g/mol. The Hall–Kier alpha value is -1.47. The first-order valence-corrected chi connectivity index (χ1v) is 9.83. The van der Waals surface area contributed by atoms with Crippen molar-refractivity contribution in [2.24, 2.45) is 5.92 Å². The number of hydrogen-bond acceptors (Lipinski definition) is 5. The second kappa shape index (κ2) is 6.57. The summed E-state index contributed by atoms with van der Waals surface area (Å²) >= 11 is 1.28. The van der Waals surface area contributed by atoms with Crippen LogP contribution in [-0.4, -0.2) is 18.6 Å². The van der Waals surface area contributed by atoms with E-state index in [1.165, 1.54) is 11.3 Å². The van der Waals surface area contributed by atoms with Crippen LogP contribution in [0.15, 0.2) is 29.2 Å². The van der Waals surface area contributed by atoms with Gasteiger partial charge in [0.2, 0.25) is 5.13 Å². The van der Waals surface area contributed by atoms with Crippen molar-refractivity contribution in [3.63, 3.8) is 0 Å². The number of nitrogens with zero attached hydrogens (tertiary/aromatic N) is 2. The second-order valence-corrected chi connectivity index (χ2v) is 9.72. The zero-order valence-electron chi connectivity index (χ0n) is 14.1. The van der Waals surface area contributed by atoms with Crippen molar-refractivity contribution < 1.29 is 8.42 Å². The van der Waals surface area contributed by atoms with Gasteiger partial charge in [-0.25, -0.2) is 8.42 Å². The van der Waals surface area contributed by atoms with Gasteiger partial charge < -0.3 is 0 Å². The van der Waals surface area contributed by atoms with Gasteiger partial charge in [0.25, 0.3) is 10.0 Å². The molecule has 0 radical (unpaired) electrons. The van der Waals surface area contributed by atoms with Crippen LogP contribution < -0.4 is 4.72 Å². The summed E-state index contributed by atoms with van der Waals surface area (Å²) in [5.41, 5.74) is 1.08. The van der Waals surface area contributed by atoms with Crippen LogP contribution in [0, 0.1) is 5.92 Å². The third-order valence-electron chi connectivity index (χ3n) is 3.30. The van der Waals surface area contributed by atoms with Gasteiger partial charge in [0.1, 0.15) is 5.01 Å². The fraction of sp³-hybridized carbons (Fsp3) is 0.500. The Bertz CT molecular complexity index is 757. The van der Waals surface area contributed by atoms with E-state index in [0.717, 1.165) is 17.0 Å². The summed E-state index contributed by atoms with van der Waals surface area (Å²) in [4.78, 5) is 0.228. The maximum absolute atomic E-state index is 12.4. The van der Waals surface area contributed by atoms with Gasteiger partial charge in [-0.1, -0.05) is 58.1 Å². The van der Waals surface area contributed by atoms with E-state index in [1.54, 1.807) is 12.1 Å². The lowest BCUT2D eigenvalue weighted by molar-refractivity contribution is 0.587. The molecule has 0 aliphatic heterocycles. The molecular weight excluding hydrogens is 330 g/mol. The second-order valence-electron chi connectivity index (χ2n) is 6.98. The number of sulfonamides is 1. The minimum absolute atomic E-state index is 0.0132. The first kappa shape index (κ1) is 17.9. The van der Waals surface area contributed by atoms with Gasteiger partial charge >= 0.3 is 0 Å². The third-order valence-corrected chi connectivity index (χ3v) is 5.65. The average Bonchev–Trinajstić information content (AvgIpc) is 2.83. The van der Waals surface area contributed by atoms with Gasteiger partial charge in [0.15, 0.2) is 0 Å². The zero-order chi connectivity index (χ0) is 17.3. The van der Waals surface area contributed by atoms with Crippen molar-refractivity contribution in [2.75, 3.05) is 4.72 Å². The van der Waals surface area contributed by atoms with Crippen LogP contribution in [0.4, 0.5) is 5.13 Å². The maximum atomic E-state index is 12.4. The lowest BCUT2D eigenvalue weighted by Gasteiger charge is -2.19. The Kier molecular flexibility index (Phi) is 5.10. The van der Waals surface area contributed by atoms with Crippen molar-refractivity contribution in [1.82, 2.24) is 10.2 Å². The highest BCUT2D eigenvalue weighted by atomic mass is 32.2. The number of aromatic nitrogens is 2. The summed E-state index contributed by atoms with van der Waals surface area (Å²) in [5.74, 6) is 0.456. The van der Waals surface area contributed by atoms with Crippen LogP contribution in [0.5, 0.6) is 0 Å². The van der Waals surface area contributed by atoms with E-state index >= 15 is 0 Å². The minimum Gasteiger partial charge on any atom is -0.253 e. The number of rotatable bonds is 5. The fourth-order valence-electron chi connectivity index (χ4n) is 2.03. The molecule has 2 rings (SSSR count). The smallest absolute Gasteiger partial charge is 0.253 e. The summed E-state index contributed by atoms with van der Waals surface area (Å²) in [6.45, 7) is 10.4. The minimum atomic E-state index is -3.63. The van der Waals surface area contributed by atoms with Crippen molar-refractivity contribution in [3.05, 3.63) is 34.8 Å². The van der Waals surface area contributed by atoms with Crippen LogP contribution in [-0.2, 0) is 21.9 Å². The van der Waals surface area contributed by atoms with Gasteiger partial charge in [0.05, 0.1) is 4.90 Å². The summed E-state index contributed by atoms with van der Waals surface area (Å²) in [6, 6.07) is 6.94. The molecule has 0 atom stereocenters. The number of nitrogens with one attached hydrogen (secondary N) is 1. The lowest BCUT2D eigenvalue weighted by Crippen LogP contribution is -2.14. The Labute approximate surface area is 142 Å². The number of hydrogen-bond donors (Lipinski definition) is 1. The molecule has 0 aliphatic rings. The van der Waals surface area contributed by atoms with E-state index in [4.69, 9.17) is 0 Å². The molecule has 0 amide bonds. The van der Waals surface area contributed by atoms with Crippen LogP contribution in [0.3, 0.4) is 0 Å². The first-order valence-electron chi connectivity index (χ1n) is 7.53. The molecule has 1 aromatic carbocycles. The molecule has 1 aromatic heterocycles. The number of benzene rings is 1. The molecule has 2 aromatic rings. The molecule has 1 N–H and O–H groups in total. The highest BCUT2D eigenvalue weighted by Gasteiger charge is 2.19. The molecule has 1 heterocycles. The normalized spacial score (nSPS) is 12.6. The predicted octanol–water partition coefficient (Wildman–Crippen LogP) is 3.83. The van der Waals surface area contributed by atoms with E-state index in [0.29, 0.717) is 11.0 Å². The van der Waals surface area contributed by atoms with Gasteiger partial charge in [-0.2, -0.15) is 0 Å². The SMILES string of the molecule is CC(C)Cc1nnc(NS(=O)(=O)c2ccc(C(C)(C)C)cc2)s1. The molecule has 7 heteroatoms. The molecule has 23 heavy (non-hydrogen) atoms. The molecule has 126 valence electrons. The van der Waals surface area contributed by atoms with E-state index in [-0.39, 0.29) is 10.3 Å². The Balaban J connectivity index is 2.17. The maximum Gasteiger partial charge on any atom is 0.263 e. The van der Waals surface area contributed by atoms with Crippen molar-refractivity contribution in [2.45, 2.75) is 51.3 Å². The predicted molar refractivity (Wildman–Crippen MR) is 94.4 cm³/mol. The van der Waals surface area contributed by atoms with Gasteiger partial charge in [-0.3, -0.25) is 4.72 Å². The molecule has 0 saturated heterocycles. The summed E-state index contributed by atoms with van der Waals surface area (Å²) < 4.78 is 27.3.